The van der Waals surface area contributed by atoms with Gasteiger partial charge in [0, 0.05) is 11.7 Å². The first kappa shape index (κ1) is 15.9. The number of hydrogen-bond donors (Lipinski definition) is 3. The van der Waals surface area contributed by atoms with Crippen molar-refractivity contribution >= 4 is 11.7 Å². The fraction of sp³-hybridized carbons (Fsp3) is 0.278. The molecule has 116 valence electrons. The molecule has 0 spiro atoms. The number of rotatable bonds is 5. The van der Waals surface area contributed by atoms with Gasteiger partial charge in [0.2, 0.25) is 0 Å². The lowest BCUT2D eigenvalue weighted by Crippen LogP contribution is -2.36. The van der Waals surface area contributed by atoms with Crippen molar-refractivity contribution in [1.29, 1.82) is 0 Å². The van der Waals surface area contributed by atoms with E-state index in [0.717, 1.165) is 29.7 Å². The van der Waals surface area contributed by atoms with E-state index in [1.807, 2.05) is 50.2 Å². The summed E-state index contributed by atoms with van der Waals surface area (Å²) in [6, 6.07) is 14.7. The van der Waals surface area contributed by atoms with Crippen LogP contribution in [0.25, 0.3) is 0 Å². The van der Waals surface area contributed by atoms with Crippen LogP contribution in [0.2, 0.25) is 0 Å². The Morgan fingerprint density at radius 2 is 1.91 bits per heavy atom. The summed E-state index contributed by atoms with van der Waals surface area (Å²) in [6.07, 6.45) is 1.69. The Morgan fingerprint density at radius 3 is 2.59 bits per heavy atom. The molecule has 2 rings (SSSR count). The highest BCUT2D eigenvalue weighted by Crippen LogP contribution is 2.12. The van der Waals surface area contributed by atoms with Gasteiger partial charge < -0.3 is 15.7 Å². The van der Waals surface area contributed by atoms with Crippen LogP contribution in [0.15, 0.2) is 48.5 Å². The second kappa shape index (κ2) is 7.50. The van der Waals surface area contributed by atoms with Crippen LogP contribution in [-0.4, -0.2) is 17.2 Å². The normalized spacial score (nSPS) is 11.7. The summed E-state index contributed by atoms with van der Waals surface area (Å²) in [5, 5.41) is 15.0. The van der Waals surface area contributed by atoms with Gasteiger partial charge in [-0.3, -0.25) is 0 Å². The SMILES string of the molecule is Cc1cccc(NC(=O)N[C@@H](C)CCc2ccc(O)cc2)c1. The predicted molar refractivity (Wildman–Crippen MR) is 89.2 cm³/mol. The van der Waals surface area contributed by atoms with Crippen LogP contribution in [0.5, 0.6) is 5.75 Å². The standard InChI is InChI=1S/C18H22N2O2/c1-13-4-3-5-16(12-13)20-18(22)19-14(2)6-7-15-8-10-17(21)11-9-15/h3-5,8-12,14,21H,6-7H2,1-2H3,(H2,19,20,22)/t14-/m0/s1. The first-order chi connectivity index (χ1) is 10.5. The molecule has 2 aromatic carbocycles. The summed E-state index contributed by atoms with van der Waals surface area (Å²) < 4.78 is 0. The largest absolute Gasteiger partial charge is 0.508 e. The molecule has 4 heteroatoms. The zero-order valence-corrected chi connectivity index (χ0v) is 13.0. The molecule has 0 heterocycles. The molecular formula is C18H22N2O2. The maximum Gasteiger partial charge on any atom is 0.319 e. The van der Waals surface area contributed by atoms with Crippen molar-refractivity contribution in [2.24, 2.45) is 0 Å². The van der Waals surface area contributed by atoms with Crippen LogP contribution >= 0.6 is 0 Å². The van der Waals surface area contributed by atoms with E-state index in [0.29, 0.717) is 0 Å². The zero-order valence-electron chi connectivity index (χ0n) is 13.0. The molecule has 0 saturated heterocycles. The van der Waals surface area contributed by atoms with Crippen molar-refractivity contribution in [3.05, 3.63) is 59.7 Å². The molecule has 0 aliphatic rings. The maximum atomic E-state index is 11.9. The number of aromatic hydroxyl groups is 1. The highest BCUT2D eigenvalue weighted by atomic mass is 16.3. The molecule has 2 aromatic rings. The molecule has 0 radical (unpaired) electrons. The van der Waals surface area contributed by atoms with Gasteiger partial charge in [0.1, 0.15) is 5.75 Å². The predicted octanol–water partition coefficient (Wildman–Crippen LogP) is 3.84. The van der Waals surface area contributed by atoms with Crippen LogP contribution in [0.4, 0.5) is 10.5 Å². The zero-order chi connectivity index (χ0) is 15.9. The summed E-state index contributed by atoms with van der Waals surface area (Å²) in [5.41, 5.74) is 3.05. The van der Waals surface area contributed by atoms with Gasteiger partial charge in [0.25, 0.3) is 0 Å². The lowest BCUT2D eigenvalue weighted by Gasteiger charge is -2.15. The monoisotopic (exact) mass is 298 g/mol. The molecule has 22 heavy (non-hydrogen) atoms. The molecule has 0 bridgehead atoms. The van der Waals surface area contributed by atoms with Crippen molar-refractivity contribution in [3.8, 4) is 5.75 Å². The molecule has 0 aliphatic carbocycles. The van der Waals surface area contributed by atoms with E-state index in [1.54, 1.807) is 12.1 Å². The highest BCUT2D eigenvalue weighted by Gasteiger charge is 2.08. The Balaban J connectivity index is 1.77. The second-order valence-electron chi connectivity index (χ2n) is 5.57. The fourth-order valence-electron chi connectivity index (χ4n) is 2.23. The van der Waals surface area contributed by atoms with Gasteiger partial charge in [0.05, 0.1) is 0 Å². The van der Waals surface area contributed by atoms with Crippen molar-refractivity contribution in [1.82, 2.24) is 5.32 Å². The first-order valence-corrected chi connectivity index (χ1v) is 7.45. The number of urea groups is 1. The number of carbonyl (C=O) groups excluding carboxylic acids is 1. The number of hydrogen-bond acceptors (Lipinski definition) is 2. The molecule has 2 amide bonds. The molecule has 0 saturated carbocycles. The number of phenols is 1. The minimum atomic E-state index is -0.191. The van der Waals surface area contributed by atoms with E-state index in [1.165, 1.54) is 0 Å². The average molecular weight is 298 g/mol. The van der Waals surface area contributed by atoms with Crippen molar-refractivity contribution in [2.75, 3.05) is 5.32 Å². The number of phenolic OH excluding ortho intramolecular Hbond substituents is 1. The third-order valence-corrected chi connectivity index (χ3v) is 3.46. The third kappa shape index (κ3) is 5.13. The topological polar surface area (TPSA) is 61.4 Å². The van der Waals surface area contributed by atoms with E-state index in [4.69, 9.17) is 0 Å². The van der Waals surface area contributed by atoms with Crippen molar-refractivity contribution in [2.45, 2.75) is 32.7 Å². The number of benzene rings is 2. The quantitative estimate of drug-likeness (QED) is 0.785. The Bertz CT molecular complexity index is 623. The van der Waals surface area contributed by atoms with Gasteiger partial charge in [0.15, 0.2) is 0 Å². The molecule has 0 unspecified atom stereocenters. The van der Waals surface area contributed by atoms with E-state index in [-0.39, 0.29) is 17.8 Å². The number of nitrogens with one attached hydrogen (secondary N) is 2. The number of aryl methyl sites for hydroxylation is 2. The van der Waals surface area contributed by atoms with Gasteiger partial charge in [-0.25, -0.2) is 4.79 Å². The number of amides is 2. The first-order valence-electron chi connectivity index (χ1n) is 7.45. The molecule has 3 N–H and O–H groups in total. The summed E-state index contributed by atoms with van der Waals surface area (Å²) in [4.78, 5) is 11.9. The number of carbonyl (C=O) groups is 1. The van der Waals surface area contributed by atoms with E-state index >= 15 is 0 Å². The molecular weight excluding hydrogens is 276 g/mol. The van der Waals surface area contributed by atoms with Crippen LogP contribution in [0, 0.1) is 6.92 Å². The van der Waals surface area contributed by atoms with Crippen molar-refractivity contribution < 1.29 is 9.90 Å². The Labute approximate surface area is 131 Å². The smallest absolute Gasteiger partial charge is 0.319 e. The van der Waals surface area contributed by atoms with Gasteiger partial charge in [-0.05, 0) is 62.1 Å². The molecule has 0 aliphatic heterocycles. The lowest BCUT2D eigenvalue weighted by molar-refractivity contribution is 0.248. The fourth-order valence-corrected chi connectivity index (χ4v) is 2.23. The van der Waals surface area contributed by atoms with Crippen molar-refractivity contribution in [3.63, 3.8) is 0 Å². The summed E-state index contributed by atoms with van der Waals surface area (Å²) in [6.45, 7) is 3.97. The third-order valence-electron chi connectivity index (χ3n) is 3.46. The lowest BCUT2D eigenvalue weighted by atomic mass is 10.1. The van der Waals surface area contributed by atoms with E-state index in [2.05, 4.69) is 10.6 Å². The number of anilines is 1. The Hall–Kier alpha value is -2.49. The summed E-state index contributed by atoms with van der Waals surface area (Å²) in [7, 11) is 0. The minimum Gasteiger partial charge on any atom is -0.508 e. The minimum absolute atomic E-state index is 0.0682. The van der Waals surface area contributed by atoms with Gasteiger partial charge in [-0.2, -0.15) is 0 Å². The van der Waals surface area contributed by atoms with Crippen LogP contribution < -0.4 is 10.6 Å². The molecule has 0 aromatic heterocycles. The Morgan fingerprint density at radius 1 is 1.18 bits per heavy atom. The summed E-state index contributed by atoms with van der Waals surface area (Å²) in [5.74, 6) is 0.271. The van der Waals surface area contributed by atoms with Crippen LogP contribution in [0.1, 0.15) is 24.5 Å². The molecule has 4 nitrogen and oxygen atoms in total. The average Bonchev–Trinajstić information content (AvgIpc) is 2.46. The van der Waals surface area contributed by atoms with E-state index in [9.17, 15) is 9.90 Å². The molecule has 0 fully saturated rings. The highest BCUT2D eigenvalue weighted by molar-refractivity contribution is 5.89. The molecule has 1 atom stereocenters. The van der Waals surface area contributed by atoms with Crippen LogP contribution in [-0.2, 0) is 6.42 Å². The summed E-state index contributed by atoms with van der Waals surface area (Å²) >= 11 is 0. The van der Waals surface area contributed by atoms with Gasteiger partial charge >= 0.3 is 6.03 Å². The van der Waals surface area contributed by atoms with E-state index < -0.39 is 0 Å². The van der Waals surface area contributed by atoms with Gasteiger partial charge in [-0.15, -0.1) is 0 Å². The second-order valence-corrected chi connectivity index (χ2v) is 5.57. The Kier molecular flexibility index (Phi) is 5.42. The van der Waals surface area contributed by atoms with Gasteiger partial charge in [-0.1, -0.05) is 24.3 Å². The maximum absolute atomic E-state index is 11.9. The van der Waals surface area contributed by atoms with Crippen LogP contribution in [0.3, 0.4) is 0 Å².